The molecule has 1 aromatic carbocycles. The van der Waals surface area contributed by atoms with Crippen molar-refractivity contribution in [1.29, 1.82) is 0 Å². The highest BCUT2D eigenvalue weighted by Gasteiger charge is 2.30. The number of alkyl halides is 3. The zero-order valence-corrected chi connectivity index (χ0v) is 15.1. The van der Waals surface area contributed by atoms with E-state index >= 15 is 0 Å². The van der Waals surface area contributed by atoms with Crippen LogP contribution >= 0.6 is 0 Å². The molecule has 0 saturated carbocycles. The van der Waals surface area contributed by atoms with Crippen LogP contribution in [0, 0.1) is 0 Å². The van der Waals surface area contributed by atoms with Crippen LogP contribution in [0.15, 0.2) is 30.3 Å². The highest BCUT2D eigenvalue weighted by Crippen LogP contribution is 2.31. The monoisotopic (exact) mass is 369 g/mol. The van der Waals surface area contributed by atoms with Gasteiger partial charge in [-0.3, -0.25) is 9.48 Å². The predicted octanol–water partition coefficient (Wildman–Crippen LogP) is 3.55. The lowest BCUT2D eigenvalue weighted by Crippen LogP contribution is -2.29. The first kappa shape index (κ1) is 19.8. The van der Waals surface area contributed by atoms with E-state index in [4.69, 9.17) is 4.74 Å². The molecule has 0 atom stereocenters. The normalized spacial score (nSPS) is 12.1. The summed E-state index contributed by atoms with van der Waals surface area (Å²) in [6.07, 6.45) is -4.42. The Morgan fingerprint density at radius 3 is 2.50 bits per heavy atom. The molecular weight excluding hydrogens is 347 g/mol. The molecule has 0 unspecified atom stereocenters. The van der Waals surface area contributed by atoms with Gasteiger partial charge in [-0.2, -0.15) is 18.3 Å². The van der Waals surface area contributed by atoms with E-state index < -0.39 is 11.7 Å². The van der Waals surface area contributed by atoms with Gasteiger partial charge in [0.25, 0.3) is 5.91 Å². The Morgan fingerprint density at radius 2 is 1.92 bits per heavy atom. The van der Waals surface area contributed by atoms with E-state index in [1.54, 1.807) is 13.1 Å². The fourth-order valence-electron chi connectivity index (χ4n) is 2.23. The van der Waals surface area contributed by atoms with Crippen molar-refractivity contribution in [2.24, 2.45) is 7.05 Å². The lowest BCUT2D eigenvalue weighted by atomic mass is 9.92. The quantitative estimate of drug-likeness (QED) is 0.820. The number of hydrogen-bond acceptors (Lipinski definition) is 3. The lowest BCUT2D eigenvalue weighted by Gasteiger charge is -2.13. The predicted molar refractivity (Wildman–Crippen MR) is 91.2 cm³/mol. The Labute approximate surface area is 150 Å². The van der Waals surface area contributed by atoms with Gasteiger partial charge in [0.1, 0.15) is 18.1 Å². The Kier molecular flexibility index (Phi) is 5.63. The number of carbonyl (C=O) groups excluding carboxylic acids is 1. The topological polar surface area (TPSA) is 56.2 Å². The second-order valence-corrected chi connectivity index (χ2v) is 6.92. The van der Waals surface area contributed by atoms with Crippen LogP contribution in [0.3, 0.4) is 0 Å². The summed E-state index contributed by atoms with van der Waals surface area (Å²) in [7, 11) is 1.68. The molecule has 8 heteroatoms. The molecule has 142 valence electrons. The van der Waals surface area contributed by atoms with E-state index in [1.807, 2.05) is 20.8 Å². The lowest BCUT2D eigenvalue weighted by molar-refractivity contribution is -0.137. The molecular formula is C18H22F3N3O2. The summed E-state index contributed by atoms with van der Waals surface area (Å²) in [5.74, 6) is -0.215. The first-order valence-corrected chi connectivity index (χ1v) is 8.11. The molecule has 0 fully saturated rings. The number of carbonyl (C=O) groups is 1. The van der Waals surface area contributed by atoms with Gasteiger partial charge in [-0.15, -0.1) is 0 Å². The summed E-state index contributed by atoms with van der Waals surface area (Å²) < 4.78 is 44.7. The Balaban J connectivity index is 1.89. The van der Waals surface area contributed by atoms with Gasteiger partial charge in [0.05, 0.1) is 17.8 Å². The van der Waals surface area contributed by atoms with Crippen LogP contribution < -0.4 is 10.1 Å². The van der Waals surface area contributed by atoms with E-state index in [-0.39, 0.29) is 30.2 Å². The number of hydrogen-bond donors (Lipinski definition) is 1. The van der Waals surface area contributed by atoms with Crippen molar-refractivity contribution in [2.75, 3.05) is 13.2 Å². The van der Waals surface area contributed by atoms with Crippen LogP contribution in [-0.2, 0) is 18.6 Å². The molecule has 0 aliphatic heterocycles. The van der Waals surface area contributed by atoms with Crippen molar-refractivity contribution in [3.63, 3.8) is 0 Å². The summed E-state index contributed by atoms with van der Waals surface area (Å²) in [6, 6.07) is 6.35. The van der Waals surface area contributed by atoms with Crippen LogP contribution in [0.1, 0.15) is 42.5 Å². The molecule has 2 rings (SSSR count). The Bertz CT molecular complexity index is 777. The zero-order valence-electron chi connectivity index (χ0n) is 15.1. The number of aryl methyl sites for hydroxylation is 1. The van der Waals surface area contributed by atoms with Crippen LogP contribution in [0.25, 0.3) is 0 Å². The maximum Gasteiger partial charge on any atom is 0.416 e. The summed E-state index contributed by atoms with van der Waals surface area (Å²) in [4.78, 5) is 12.2. The Hall–Kier alpha value is -2.51. The van der Waals surface area contributed by atoms with Crippen molar-refractivity contribution in [1.82, 2.24) is 15.1 Å². The van der Waals surface area contributed by atoms with E-state index in [0.717, 1.165) is 17.8 Å². The average molecular weight is 369 g/mol. The van der Waals surface area contributed by atoms with E-state index in [2.05, 4.69) is 10.4 Å². The van der Waals surface area contributed by atoms with Gasteiger partial charge in [0.15, 0.2) is 0 Å². The molecule has 0 aliphatic rings. The smallest absolute Gasteiger partial charge is 0.416 e. The fraction of sp³-hybridized carbons (Fsp3) is 0.444. The van der Waals surface area contributed by atoms with Crippen molar-refractivity contribution >= 4 is 5.91 Å². The van der Waals surface area contributed by atoms with E-state index in [9.17, 15) is 18.0 Å². The fourth-order valence-corrected chi connectivity index (χ4v) is 2.23. The van der Waals surface area contributed by atoms with Crippen molar-refractivity contribution in [3.05, 3.63) is 47.3 Å². The molecule has 0 spiro atoms. The summed E-state index contributed by atoms with van der Waals surface area (Å²) in [6.45, 7) is 6.21. The van der Waals surface area contributed by atoms with Crippen molar-refractivity contribution < 1.29 is 22.7 Å². The highest BCUT2D eigenvalue weighted by molar-refractivity contribution is 5.92. The zero-order chi connectivity index (χ0) is 19.5. The second-order valence-electron chi connectivity index (χ2n) is 6.92. The van der Waals surface area contributed by atoms with E-state index in [1.165, 1.54) is 16.8 Å². The van der Waals surface area contributed by atoms with Gasteiger partial charge in [0, 0.05) is 12.5 Å². The SMILES string of the molecule is Cn1nc(C(C)(C)C)cc1C(=O)NCCOc1cccc(C(F)(F)F)c1. The molecule has 2 aromatic rings. The van der Waals surface area contributed by atoms with Crippen LogP contribution in [0.2, 0.25) is 0 Å². The third-order valence-corrected chi connectivity index (χ3v) is 3.70. The second kappa shape index (κ2) is 7.39. The van der Waals surface area contributed by atoms with Gasteiger partial charge < -0.3 is 10.1 Å². The summed E-state index contributed by atoms with van der Waals surface area (Å²) in [5, 5.41) is 7.00. The van der Waals surface area contributed by atoms with Gasteiger partial charge in [0.2, 0.25) is 0 Å². The molecule has 0 saturated heterocycles. The number of amides is 1. The largest absolute Gasteiger partial charge is 0.492 e. The van der Waals surface area contributed by atoms with Crippen molar-refractivity contribution in [2.45, 2.75) is 32.4 Å². The minimum absolute atomic E-state index is 0.0526. The third kappa shape index (κ3) is 5.00. The van der Waals surface area contributed by atoms with Gasteiger partial charge >= 0.3 is 6.18 Å². The molecule has 1 amide bonds. The number of benzene rings is 1. The number of nitrogens with one attached hydrogen (secondary N) is 1. The number of ether oxygens (including phenoxy) is 1. The first-order valence-electron chi connectivity index (χ1n) is 8.11. The minimum atomic E-state index is -4.42. The molecule has 0 radical (unpaired) electrons. The maximum atomic E-state index is 12.7. The standard InChI is InChI=1S/C18H22F3N3O2/c1-17(2,3)15-11-14(24(4)23-15)16(25)22-8-9-26-13-7-5-6-12(10-13)18(19,20)21/h5-7,10-11H,8-9H2,1-4H3,(H,22,25). The molecule has 26 heavy (non-hydrogen) atoms. The molecule has 1 aromatic heterocycles. The average Bonchev–Trinajstić information content (AvgIpc) is 2.93. The molecule has 1 heterocycles. The van der Waals surface area contributed by atoms with Crippen LogP contribution in [-0.4, -0.2) is 28.8 Å². The molecule has 1 N–H and O–H groups in total. The van der Waals surface area contributed by atoms with Crippen molar-refractivity contribution in [3.8, 4) is 5.75 Å². The maximum absolute atomic E-state index is 12.7. The highest BCUT2D eigenvalue weighted by atomic mass is 19.4. The van der Waals surface area contributed by atoms with E-state index in [0.29, 0.717) is 5.69 Å². The Morgan fingerprint density at radius 1 is 1.23 bits per heavy atom. The van der Waals surface area contributed by atoms with Crippen LogP contribution in [0.5, 0.6) is 5.75 Å². The summed E-state index contributed by atoms with van der Waals surface area (Å²) >= 11 is 0. The first-order chi connectivity index (χ1) is 12.0. The van der Waals surface area contributed by atoms with Gasteiger partial charge in [-0.05, 0) is 24.3 Å². The summed E-state index contributed by atoms with van der Waals surface area (Å²) in [5.41, 5.74) is 0.256. The number of nitrogens with zero attached hydrogens (tertiary/aromatic N) is 2. The number of aromatic nitrogens is 2. The van der Waals surface area contributed by atoms with Gasteiger partial charge in [-0.25, -0.2) is 0 Å². The van der Waals surface area contributed by atoms with Gasteiger partial charge in [-0.1, -0.05) is 26.8 Å². The minimum Gasteiger partial charge on any atom is -0.492 e. The molecule has 0 aliphatic carbocycles. The molecule has 0 bridgehead atoms. The van der Waals surface area contributed by atoms with Crippen LogP contribution in [0.4, 0.5) is 13.2 Å². The number of halogens is 3. The third-order valence-electron chi connectivity index (χ3n) is 3.70. The molecule has 5 nitrogen and oxygen atoms in total. The number of rotatable bonds is 5.